The number of hydrogen-bond donors (Lipinski definition) is 1. The number of methoxy groups -OCH3 is 1. The van der Waals surface area contributed by atoms with E-state index in [9.17, 15) is 5.11 Å². The minimum absolute atomic E-state index is 0.702. The van der Waals surface area contributed by atoms with E-state index in [0.717, 1.165) is 27.5 Å². The van der Waals surface area contributed by atoms with Crippen molar-refractivity contribution in [3.8, 4) is 5.75 Å². The maximum Gasteiger partial charge on any atom is 0.125 e. The highest BCUT2D eigenvalue weighted by Crippen LogP contribution is 2.35. The summed E-state index contributed by atoms with van der Waals surface area (Å²) in [6.07, 6.45) is -0.702. The van der Waals surface area contributed by atoms with Gasteiger partial charge in [-0.3, -0.25) is 0 Å². The maximum atomic E-state index is 10.9. The molecule has 1 unspecified atom stereocenters. The summed E-state index contributed by atoms with van der Waals surface area (Å²) in [6, 6.07) is 19.9. The molecule has 0 bridgehead atoms. The van der Waals surface area contributed by atoms with Crippen molar-refractivity contribution in [3.63, 3.8) is 0 Å². The van der Waals surface area contributed by atoms with Gasteiger partial charge in [0.25, 0.3) is 0 Å². The first kappa shape index (κ1) is 13.7. The highest BCUT2D eigenvalue weighted by Gasteiger charge is 2.19. The summed E-state index contributed by atoms with van der Waals surface area (Å²) < 4.78 is 5.38. The molecule has 2 nitrogen and oxygen atoms in total. The van der Waals surface area contributed by atoms with Crippen LogP contribution < -0.4 is 4.74 Å². The number of ether oxygens (including phenoxy) is 1. The van der Waals surface area contributed by atoms with Gasteiger partial charge in [-0.05, 0) is 34.9 Å². The molecule has 0 saturated heterocycles. The van der Waals surface area contributed by atoms with Crippen LogP contribution in [0.1, 0.15) is 22.8 Å². The van der Waals surface area contributed by atoms with Crippen LogP contribution >= 0.6 is 0 Å². The van der Waals surface area contributed by atoms with Crippen LogP contribution in [0.3, 0.4) is 0 Å². The van der Waals surface area contributed by atoms with E-state index >= 15 is 0 Å². The lowest BCUT2D eigenvalue weighted by atomic mass is 9.92. The summed E-state index contributed by atoms with van der Waals surface area (Å²) in [6.45, 7) is 2.03. The summed E-state index contributed by atoms with van der Waals surface area (Å²) >= 11 is 0. The standard InChI is InChI=1S/C19H18O2/c1-13-11-12-14-7-3-4-8-15(14)18(13)19(20)16-9-5-6-10-17(16)21-2/h3-12,19-20H,1-2H3. The summed E-state index contributed by atoms with van der Waals surface area (Å²) in [5.74, 6) is 0.706. The predicted octanol–water partition coefficient (Wildman–Crippen LogP) is 4.24. The van der Waals surface area contributed by atoms with Crippen molar-refractivity contribution < 1.29 is 9.84 Å². The molecule has 0 aliphatic carbocycles. The smallest absolute Gasteiger partial charge is 0.125 e. The summed E-state index contributed by atoms with van der Waals surface area (Å²) in [7, 11) is 1.63. The maximum absolute atomic E-state index is 10.9. The topological polar surface area (TPSA) is 29.5 Å². The van der Waals surface area contributed by atoms with Gasteiger partial charge in [-0.25, -0.2) is 0 Å². The Bertz CT molecular complexity index is 777. The Morgan fingerprint density at radius 2 is 1.62 bits per heavy atom. The number of aliphatic hydroxyl groups is 1. The van der Waals surface area contributed by atoms with Crippen LogP contribution in [0, 0.1) is 6.92 Å². The van der Waals surface area contributed by atoms with Gasteiger partial charge in [0, 0.05) is 5.56 Å². The molecule has 0 fully saturated rings. The Morgan fingerprint density at radius 1 is 0.905 bits per heavy atom. The fraction of sp³-hybridized carbons (Fsp3) is 0.158. The monoisotopic (exact) mass is 278 g/mol. The molecule has 0 amide bonds. The third-order valence-corrected chi connectivity index (χ3v) is 3.90. The van der Waals surface area contributed by atoms with E-state index < -0.39 is 6.10 Å². The lowest BCUT2D eigenvalue weighted by Crippen LogP contribution is -2.05. The van der Waals surface area contributed by atoms with Crippen LogP contribution in [-0.2, 0) is 0 Å². The number of fused-ring (bicyclic) bond motifs is 1. The third-order valence-electron chi connectivity index (χ3n) is 3.90. The summed E-state index contributed by atoms with van der Waals surface area (Å²) in [5, 5.41) is 13.1. The molecule has 0 aliphatic heterocycles. The van der Waals surface area contributed by atoms with Crippen molar-refractivity contribution in [3.05, 3.63) is 77.4 Å². The van der Waals surface area contributed by atoms with Gasteiger partial charge in [0.15, 0.2) is 0 Å². The number of rotatable bonds is 3. The third kappa shape index (κ3) is 2.39. The average Bonchev–Trinajstić information content (AvgIpc) is 2.54. The van der Waals surface area contributed by atoms with Gasteiger partial charge in [-0.15, -0.1) is 0 Å². The highest BCUT2D eigenvalue weighted by atomic mass is 16.5. The molecule has 3 aromatic carbocycles. The molecule has 0 heterocycles. The van der Waals surface area contributed by atoms with Crippen molar-refractivity contribution in [1.82, 2.24) is 0 Å². The lowest BCUT2D eigenvalue weighted by Gasteiger charge is -2.19. The van der Waals surface area contributed by atoms with E-state index in [-0.39, 0.29) is 0 Å². The first-order chi connectivity index (χ1) is 10.2. The average molecular weight is 278 g/mol. The normalized spacial score (nSPS) is 12.3. The fourth-order valence-electron chi connectivity index (χ4n) is 2.82. The van der Waals surface area contributed by atoms with Gasteiger partial charge in [-0.2, -0.15) is 0 Å². The van der Waals surface area contributed by atoms with Gasteiger partial charge in [-0.1, -0.05) is 54.6 Å². The molecule has 0 saturated carbocycles. The molecule has 0 spiro atoms. The molecule has 21 heavy (non-hydrogen) atoms. The first-order valence-electron chi connectivity index (χ1n) is 7.01. The number of hydrogen-bond acceptors (Lipinski definition) is 2. The lowest BCUT2D eigenvalue weighted by molar-refractivity contribution is 0.215. The molecule has 106 valence electrons. The van der Waals surface area contributed by atoms with Gasteiger partial charge in [0.2, 0.25) is 0 Å². The predicted molar refractivity (Wildman–Crippen MR) is 85.7 cm³/mol. The van der Waals surface area contributed by atoms with Crippen LogP contribution in [-0.4, -0.2) is 12.2 Å². The summed E-state index contributed by atoms with van der Waals surface area (Å²) in [5.41, 5.74) is 2.81. The van der Waals surface area contributed by atoms with Crippen molar-refractivity contribution >= 4 is 10.8 Å². The Hall–Kier alpha value is -2.32. The SMILES string of the molecule is COc1ccccc1C(O)c1c(C)ccc2ccccc12. The second kappa shape index (κ2) is 5.58. The Balaban J connectivity index is 2.22. The molecule has 0 aromatic heterocycles. The fourth-order valence-corrected chi connectivity index (χ4v) is 2.82. The first-order valence-corrected chi connectivity index (χ1v) is 7.01. The quantitative estimate of drug-likeness (QED) is 0.776. The van der Waals surface area contributed by atoms with Gasteiger partial charge >= 0.3 is 0 Å². The van der Waals surface area contributed by atoms with Crippen molar-refractivity contribution in [2.75, 3.05) is 7.11 Å². The Labute approximate surface area is 124 Å². The molecule has 3 aromatic rings. The van der Waals surface area contributed by atoms with E-state index in [4.69, 9.17) is 4.74 Å². The van der Waals surface area contributed by atoms with Gasteiger partial charge < -0.3 is 9.84 Å². The molecule has 2 heteroatoms. The molecule has 1 N–H and O–H groups in total. The van der Waals surface area contributed by atoms with E-state index in [1.807, 2.05) is 43.3 Å². The Kier molecular flexibility index (Phi) is 3.63. The minimum atomic E-state index is -0.702. The van der Waals surface area contributed by atoms with Crippen LogP contribution in [0.15, 0.2) is 60.7 Å². The highest BCUT2D eigenvalue weighted by molar-refractivity contribution is 5.87. The number of aryl methyl sites for hydroxylation is 1. The van der Waals surface area contributed by atoms with Gasteiger partial charge in [0.05, 0.1) is 7.11 Å². The van der Waals surface area contributed by atoms with Crippen LogP contribution in [0.25, 0.3) is 10.8 Å². The van der Waals surface area contributed by atoms with E-state index in [1.165, 1.54) is 0 Å². The number of benzene rings is 3. The van der Waals surface area contributed by atoms with E-state index in [2.05, 4.69) is 24.3 Å². The molecule has 0 radical (unpaired) electrons. The number of aliphatic hydroxyl groups excluding tert-OH is 1. The largest absolute Gasteiger partial charge is 0.496 e. The molecule has 1 atom stereocenters. The molecule has 3 rings (SSSR count). The Morgan fingerprint density at radius 3 is 2.43 bits per heavy atom. The second-order valence-electron chi connectivity index (χ2n) is 5.16. The second-order valence-corrected chi connectivity index (χ2v) is 5.16. The number of para-hydroxylation sites is 1. The minimum Gasteiger partial charge on any atom is -0.496 e. The van der Waals surface area contributed by atoms with Crippen molar-refractivity contribution in [2.24, 2.45) is 0 Å². The zero-order chi connectivity index (χ0) is 14.8. The van der Waals surface area contributed by atoms with E-state index in [0.29, 0.717) is 5.75 Å². The van der Waals surface area contributed by atoms with Crippen molar-refractivity contribution in [1.29, 1.82) is 0 Å². The zero-order valence-corrected chi connectivity index (χ0v) is 12.2. The molecule has 0 aliphatic rings. The van der Waals surface area contributed by atoms with Crippen LogP contribution in [0.2, 0.25) is 0 Å². The molecular weight excluding hydrogens is 260 g/mol. The molecular formula is C19H18O2. The van der Waals surface area contributed by atoms with E-state index in [1.54, 1.807) is 7.11 Å². The summed E-state index contributed by atoms with van der Waals surface area (Å²) in [4.78, 5) is 0. The van der Waals surface area contributed by atoms with Crippen molar-refractivity contribution in [2.45, 2.75) is 13.0 Å². The van der Waals surface area contributed by atoms with Crippen LogP contribution in [0.5, 0.6) is 5.75 Å². The van der Waals surface area contributed by atoms with Crippen LogP contribution in [0.4, 0.5) is 0 Å². The van der Waals surface area contributed by atoms with Gasteiger partial charge in [0.1, 0.15) is 11.9 Å². The zero-order valence-electron chi connectivity index (χ0n) is 12.2.